The van der Waals surface area contributed by atoms with E-state index in [2.05, 4.69) is 0 Å². The molecule has 2 aromatic carbocycles. The molecule has 1 heterocycles. The monoisotopic (exact) mass is 379 g/mol. The third-order valence-corrected chi connectivity index (χ3v) is 5.22. The maximum Gasteiger partial charge on any atom is 0.258 e. The van der Waals surface area contributed by atoms with Gasteiger partial charge in [0.1, 0.15) is 0 Å². The molecule has 0 saturated carbocycles. The Morgan fingerprint density at radius 3 is 2.36 bits per heavy atom. The molecule has 1 amide bonds. The molecule has 0 N–H and O–H groups in total. The molecule has 25 heavy (non-hydrogen) atoms. The van der Waals surface area contributed by atoms with E-state index in [1.807, 2.05) is 18.2 Å². The molecule has 0 atom stereocenters. The summed E-state index contributed by atoms with van der Waals surface area (Å²) in [6.45, 7) is 0.605. The zero-order valence-electron chi connectivity index (χ0n) is 14.2. The number of amides is 1. The lowest BCUT2D eigenvalue weighted by molar-refractivity contribution is 0.0987. The second-order valence-corrected chi connectivity index (χ2v) is 6.90. The van der Waals surface area contributed by atoms with Crippen LogP contribution in [0, 0.1) is 0 Å². The molecule has 0 spiro atoms. The fraction of sp³-hybridized carbons (Fsp3) is 0.278. The van der Waals surface area contributed by atoms with Gasteiger partial charge in [-0.05, 0) is 30.3 Å². The molecule has 0 aromatic heterocycles. The second kappa shape index (κ2) is 7.45. The molecule has 0 unspecified atom stereocenters. The second-order valence-electron chi connectivity index (χ2n) is 5.33. The van der Waals surface area contributed by atoms with Gasteiger partial charge in [0, 0.05) is 27.8 Å². The van der Waals surface area contributed by atoms with Crippen LogP contribution in [0.4, 0.5) is 5.69 Å². The maximum atomic E-state index is 13.1. The quantitative estimate of drug-likeness (QED) is 0.799. The summed E-state index contributed by atoms with van der Waals surface area (Å²) in [7, 11) is 4.58. The van der Waals surface area contributed by atoms with Crippen LogP contribution in [0.25, 0.3) is 0 Å². The van der Waals surface area contributed by atoms with Crippen molar-refractivity contribution in [2.45, 2.75) is 4.90 Å². The van der Waals surface area contributed by atoms with Crippen molar-refractivity contribution < 1.29 is 19.0 Å². The highest BCUT2D eigenvalue weighted by molar-refractivity contribution is 7.99. The van der Waals surface area contributed by atoms with Gasteiger partial charge in [-0.2, -0.15) is 0 Å². The molecule has 2 aromatic rings. The Labute approximate surface area is 155 Å². The number of thioether (sulfide) groups is 1. The van der Waals surface area contributed by atoms with E-state index in [1.54, 1.807) is 28.8 Å². The summed E-state index contributed by atoms with van der Waals surface area (Å²) in [4.78, 5) is 15.9. The first-order chi connectivity index (χ1) is 12.1. The van der Waals surface area contributed by atoms with Crippen LogP contribution >= 0.6 is 23.4 Å². The van der Waals surface area contributed by atoms with Crippen LogP contribution in [0.3, 0.4) is 0 Å². The first kappa shape index (κ1) is 17.8. The topological polar surface area (TPSA) is 48.0 Å². The van der Waals surface area contributed by atoms with Gasteiger partial charge in [-0.15, -0.1) is 11.8 Å². The number of hydrogen-bond acceptors (Lipinski definition) is 5. The van der Waals surface area contributed by atoms with Crippen molar-refractivity contribution in [3.8, 4) is 17.2 Å². The van der Waals surface area contributed by atoms with Crippen molar-refractivity contribution in [2.24, 2.45) is 0 Å². The van der Waals surface area contributed by atoms with Crippen molar-refractivity contribution in [1.82, 2.24) is 0 Å². The lowest BCUT2D eigenvalue weighted by atomic mass is 10.1. The first-order valence-electron chi connectivity index (χ1n) is 7.63. The Hall–Kier alpha value is -2.05. The molecule has 7 heteroatoms. The number of carbonyl (C=O) groups excluding carboxylic acids is 1. The smallest absolute Gasteiger partial charge is 0.258 e. The number of carbonyl (C=O) groups is 1. The third-order valence-electron chi connectivity index (χ3n) is 3.94. The number of fused-ring (bicyclic) bond motifs is 1. The van der Waals surface area contributed by atoms with Crippen LogP contribution in [0.2, 0.25) is 5.02 Å². The maximum absolute atomic E-state index is 13.1. The van der Waals surface area contributed by atoms with Gasteiger partial charge >= 0.3 is 0 Å². The molecule has 132 valence electrons. The normalized spacial score (nSPS) is 13.2. The Morgan fingerprint density at radius 2 is 1.76 bits per heavy atom. The van der Waals surface area contributed by atoms with Crippen molar-refractivity contribution in [2.75, 3.05) is 38.5 Å². The van der Waals surface area contributed by atoms with Crippen LogP contribution < -0.4 is 19.1 Å². The van der Waals surface area contributed by atoms with Gasteiger partial charge in [0.25, 0.3) is 5.91 Å². The third kappa shape index (κ3) is 3.37. The summed E-state index contributed by atoms with van der Waals surface area (Å²) in [6.07, 6.45) is 0. The zero-order chi connectivity index (χ0) is 18.0. The summed E-state index contributed by atoms with van der Waals surface area (Å²) < 4.78 is 16.0. The molecule has 0 radical (unpaired) electrons. The summed E-state index contributed by atoms with van der Waals surface area (Å²) >= 11 is 7.84. The zero-order valence-corrected chi connectivity index (χ0v) is 15.7. The summed E-state index contributed by atoms with van der Waals surface area (Å²) in [5.41, 5.74) is 1.29. The van der Waals surface area contributed by atoms with Gasteiger partial charge in [0.05, 0.1) is 27.0 Å². The van der Waals surface area contributed by atoms with Crippen LogP contribution in [-0.4, -0.2) is 39.5 Å². The van der Waals surface area contributed by atoms with Crippen LogP contribution in [0.15, 0.2) is 35.2 Å². The standard InChI is InChI=1S/C18H18ClNO4S/c1-22-14-8-11(9-15(23-2)17(14)24-3)18(21)20-6-7-25-16-5-4-12(19)10-13(16)20/h4-5,8-10H,6-7H2,1-3H3. The minimum absolute atomic E-state index is 0.136. The number of halogens is 1. The highest BCUT2D eigenvalue weighted by Gasteiger charge is 2.26. The van der Waals surface area contributed by atoms with E-state index in [1.165, 1.54) is 21.3 Å². The molecular formula is C18H18ClNO4S. The predicted molar refractivity (Wildman–Crippen MR) is 100.0 cm³/mol. The minimum Gasteiger partial charge on any atom is -0.493 e. The van der Waals surface area contributed by atoms with Gasteiger partial charge in [0.15, 0.2) is 11.5 Å². The van der Waals surface area contributed by atoms with Crippen molar-refractivity contribution in [3.05, 3.63) is 40.9 Å². The van der Waals surface area contributed by atoms with E-state index in [4.69, 9.17) is 25.8 Å². The molecule has 1 aliphatic heterocycles. The average Bonchev–Trinajstić information content (AvgIpc) is 2.65. The number of ether oxygens (including phenoxy) is 3. The van der Waals surface area contributed by atoms with Crippen LogP contribution in [0.1, 0.15) is 10.4 Å². The number of rotatable bonds is 4. The van der Waals surface area contributed by atoms with Gasteiger partial charge in [-0.25, -0.2) is 0 Å². The minimum atomic E-state index is -0.136. The SMILES string of the molecule is COc1cc(C(=O)N2CCSc3ccc(Cl)cc32)cc(OC)c1OC. The predicted octanol–water partition coefficient (Wildman–Crippen LogP) is 4.12. The van der Waals surface area contributed by atoms with Crippen molar-refractivity contribution in [3.63, 3.8) is 0 Å². The molecule has 0 bridgehead atoms. The van der Waals surface area contributed by atoms with E-state index in [0.29, 0.717) is 34.4 Å². The highest BCUT2D eigenvalue weighted by atomic mass is 35.5. The molecule has 1 aliphatic rings. The Bertz CT molecular complexity index is 787. The fourth-order valence-electron chi connectivity index (χ4n) is 2.76. The van der Waals surface area contributed by atoms with Crippen molar-refractivity contribution in [1.29, 1.82) is 0 Å². The number of nitrogens with zero attached hydrogens (tertiary/aromatic N) is 1. The van der Waals surface area contributed by atoms with Gasteiger partial charge < -0.3 is 19.1 Å². The summed E-state index contributed by atoms with van der Waals surface area (Å²) in [5.74, 6) is 2.04. The average molecular weight is 380 g/mol. The highest BCUT2D eigenvalue weighted by Crippen LogP contribution is 2.41. The molecule has 0 fully saturated rings. The van der Waals surface area contributed by atoms with E-state index < -0.39 is 0 Å². The van der Waals surface area contributed by atoms with Gasteiger partial charge in [0.2, 0.25) is 5.75 Å². The largest absolute Gasteiger partial charge is 0.493 e. The number of anilines is 1. The number of hydrogen-bond donors (Lipinski definition) is 0. The van der Waals surface area contributed by atoms with Gasteiger partial charge in [-0.1, -0.05) is 11.6 Å². The fourth-order valence-corrected chi connectivity index (χ4v) is 3.90. The first-order valence-corrected chi connectivity index (χ1v) is 8.99. The van der Waals surface area contributed by atoms with E-state index >= 15 is 0 Å². The van der Waals surface area contributed by atoms with Crippen LogP contribution in [-0.2, 0) is 0 Å². The molecule has 0 saturated heterocycles. The van der Waals surface area contributed by atoms with Crippen LogP contribution in [0.5, 0.6) is 17.2 Å². The molecule has 5 nitrogen and oxygen atoms in total. The van der Waals surface area contributed by atoms with Crippen molar-refractivity contribution >= 4 is 35.0 Å². The Balaban J connectivity index is 2.04. The lowest BCUT2D eigenvalue weighted by Gasteiger charge is -2.29. The van der Waals surface area contributed by atoms with E-state index in [0.717, 1.165) is 16.3 Å². The summed E-state index contributed by atoms with van der Waals surface area (Å²) in [5, 5.41) is 0.601. The Kier molecular flexibility index (Phi) is 5.30. The number of methoxy groups -OCH3 is 3. The summed E-state index contributed by atoms with van der Waals surface area (Å²) in [6, 6.07) is 8.92. The molecular weight excluding hydrogens is 362 g/mol. The lowest BCUT2D eigenvalue weighted by Crippen LogP contribution is -2.35. The number of benzene rings is 2. The molecule has 3 rings (SSSR count). The van der Waals surface area contributed by atoms with Gasteiger partial charge in [-0.3, -0.25) is 4.79 Å². The molecule has 0 aliphatic carbocycles. The van der Waals surface area contributed by atoms with E-state index in [9.17, 15) is 4.79 Å². The Morgan fingerprint density at radius 1 is 1.08 bits per heavy atom. The van der Waals surface area contributed by atoms with E-state index in [-0.39, 0.29) is 5.91 Å².